The van der Waals surface area contributed by atoms with Gasteiger partial charge < -0.3 is 10.3 Å². The Kier molecular flexibility index (Phi) is 3.28. The topological polar surface area (TPSA) is 76.7 Å². The number of aromatic amines is 1. The van der Waals surface area contributed by atoms with Gasteiger partial charge in [-0.3, -0.25) is 9.89 Å². The molecule has 0 fully saturated rings. The highest BCUT2D eigenvalue weighted by Crippen LogP contribution is 2.22. The summed E-state index contributed by atoms with van der Waals surface area (Å²) in [4.78, 5) is 12.7. The molecule has 3 rings (SSSR count). The Balaban J connectivity index is 2.31. The summed E-state index contributed by atoms with van der Waals surface area (Å²) in [6.07, 6.45) is 1.83. The van der Waals surface area contributed by atoms with Gasteiger partial charge in [0, 0.05) is 17.6 Å². The van der Waals surface area contributed by atoms with E-state index in [4.69, 9.17) is 5.73 Å². The third-order valence-corrected chi connectivity index (χ3v) is 3.69. The summed E-state index contributed by atoms with van der Waals surface area (Å²) in [5.74, 6) is 0. The van der Waals surface area contributed by atoms with Crippen molar-refractivity contribution in [3.63, 3.8) is 0 Å². The smallest absolute Gasteiger partial charge is 0.262 e. The van der Waals surface area contributed by atoms with E-state index >= 15 is 0 Å². The number of aryl methyl sites for hydroxylation is 2. The summed E-state index contributed by atoms with van der Waals surface area (Å²) >= 11 is 0. The van der Waals surface area contributed by atoms with Crippen LogP contribution in [0.15, 0.2) is 29.1 Å². The Bertz CT molecular complexity index is 816. The van der Waals surface area contributed by atoms with Gasteiger partial charge in [0.25, 0.3) is 5.56 Å². The molecule has 0 radical (unpaired) electrons. The Morgan fingerprint density at radius 2 is 2.10 bits per heavy atom. The Morgan fingerprint density at radius 1 is 1.30 bits per heavy atom. The molecular formula is C15H18N4O. The maximum absolute atomic E-state index is 12.7. The van der Waals surface area contributed by atoms with Crippen LogP contribution in [0.1, 0.15) is 18.5 Å². The van der Waals surface area contributed by atoms with Crippen molar-refractivity contribution in [3.8, 4) is 0 Å². The van der Waals surface area contributed by atoms with Gasteiger partial charge in [-0.25, -0.2) is 0 Å². The second-order valence-corrected chi connectivity index (χ2v) is 5.04. The molecule has 5 nitrogen and oxygen atoms in total. The maximum Gasteiger partial charge on any atom is 0.262 e. The van der Waals surface area contributed by atoms with Crippen LogP contribution in [-0.4, -0.2) is 21.3 Å². The van der Waals surface area contributed by atoms with Crippen LogP contribution in [0.3, 0.4) is 0 Å². The van der Waals surface area contributed by atoms with E-state index in [1.54, 1.807) is 0 Å². The number of nitrogens with two attached hydrogens (primary N) is 1. The van der Waals surface area contributed by atoms with Crippen molar-refractivity contribution < 1.29 is 0 Å². The molecule has 2 aromatic heterocycles. The number of unbranched alkanes of at least 4 members (excludes halogenated alkanes) is 1. The van der Waals surface area contributed by atoms with Crippen molar-refractivity contribution in [1.29, 1.82) is 0 Å². The van der Waals surface area contributed by atoms with Gasteiger partial charge in [-0.15, -0.1) is 0 Å². The van der Waals surface area contributed by atoms with Crippen molar-refractivity contribution in [3.05, 3.63) is 40.3 Å². The molecule has 1 aromatic carbocycles. The van der Waals surface area contributed by atoms with Gasteiger partial charge in [0.05, 0.1) is 10.9 Å². The number of para-hydroxylation sites is 1. The lowest BCUT2D eigenvalue weighted by Crippen LogP contribution is -2.21. The van der Waals surface area contributed by atoms with E-state index in [1.807, 2.05) is 35.8 Å². The Hall–Kier alpha value is -2.14. The summed E-state index contributed by atoms with van der Waals surface area (Å²) in [6.45, 7) is 3.23. The number of hydrogen-bond acceptors (Lipinski definition) is 3. The maximum atomic E-state index is 12.7. The lowest BCUT2D eigenvalue weighted by molar-refractivity contribution is 0.617. The lowest BCUT2D eigenvalue weighted by Gasteiger charge is -2.10. The second kappa shape index (κ2) is 5.09. The van der Waals surface area contributed by atoms with Gasteiger partial charge in [0.15, 0.2) is 0 Å². The second-order valence-electron chi connectivity index (χ2n) is 5.04. The minimum absolute atomic E-state index is 0.0296. The molecule has 0 amide bonds. The number of hydrogen-bond donors (Lipinski definition) is 2. The molecule has 0 bridgehead atoms. The van der Waals surface area contributed by atoms with Crippen LogP contribution in [0.25, 0.3) is 21.8 Å². The predicted molar refractivity (Wildman–Crippen MR) is 80.9 cm³/mol. The molecule has 0 unspecified atom stereocenters. The number of rotatable bonds is 4. The van der Waals surface area contributed by atoms with Crippen LogP contribution in [0.5, 0.6) is 0 Å². The van der Waals surface area contributed by atoms with Gasteiger partial charge in [-0.05, 0) is 32.4 Å². The molecule has 0 saturated heterocycles. The van der Waals surface area contributed by atoms with Crippen LogP contribution in [0.2, 0.25) is 0 Å². The normalized spacial score (nSPS) is 11.5. The fourth-order valence-corrected chi connectivity index (χ4v) is 2.68. The number of pyridine rings is 1. The quantitative estimate of drug-likeness (QED) is 0.711. The first-order chi connectivity index (χ1) is 9.74. The summed E-state index contributed by atoms with van der Waals surface area (Å²) in [5.41, 5.74) is 8.09. The molecule has 0 aliphatic heterocycles. The molecule has 20 heavy (non-hydrogen) atoms. The van der Waals surface area contributed by atoms with Crippen molar-refractivity contribution in [1.82, 2.24) is 14.8 Å². The zero-order valence-corrected chi connectivity index (χ0v) is 11.5. The van der Waals surface area contributed by atoms with E-state index in [-0.39, 0.29) is 5.56 Å². The van der Waals surface area contributed by atoms with E-state index in [0.717, 1.165) is 35.0 Å². The summed E-state index contributed by atoms with van der Waals surface area (Å²) in [6, 6.07) is 7.91. The molecule has 0 aliphatic rings. The number of aromatic nitrogens is 3. The first-order valence-corrected chi connectivity index (χ1v) is 6.90. The number of H-pyrrole nitrogens is 1. The van der Waals surface area contributed by atoms with E-state index < -0.39 is 0 Å². The Labute approximate surface area is 116 Å². The first kappa shape index (κ1) is 12.9. The van der Waals surface area contributed by atoms with Crippen LogP contribution in [0.4, 0.5) is 0 Å². The van der Waals surface area contributed by atoms with Gasteiger partial charge in [0.2, 0.25) is 0 Å². The third-order valence-electron chi connectivity index (χ3n) is 3.69. The number of fused-ring (bicyclic) bond motifs is 3. The lowest BCUT2D eigenvalue weighted by atomic mass is 10.1. The summed E-state index contributed by atoms with van der Waals surface area (Å²) < 4.78 is 1.84. The zero-order valence-electron chi connectivity index (χ0n) is 11.5. The fraction of sp³-hybridized carbons (Fsp3) is 0.333. The first-order valence-electron chi connectivity index (χ1n) is 6.90. The van der Waals surface area contributed by atoms with Crippen molar-refractivity contribution in [2.75, 3.05) is 6.54 Å². The number of nitrogens with zero attached hydrogens (tertiary/aromatic N) is 2. The molecule has 2 heterocycles. The summed E-state index contributed by atoms with van der Waals surface area (Å²) in [7, 11) is 0. The molecule has 5 heteroatoms. The molecular weight excluding hydrogens is 252 g/mol. The van der Waals surface area contributed by atoms with Crippen LogP contribution in [0, 0.1) is 6.92 Å². The Morgan fingerprint density at radius 3 is 2.90 bits per heavy atom. The summed E-state index contributed by atoms with van der Waals surface area (Å²) in [5, 5.41) is 8.91. The standard InChI is InChI=1S/C15H18N4O/c1-10-13-14(18-17-10)11-6-2-3-7-12(11)19(15(13)20)9-5-4-8-16/h2-3,6-7H,4-5,8-9,16H2,1H3,(H,17,18). The number of benzene rings is 1. The van der Waals surface area contributed by atoms with Gasteiger partial charge >= 0.3 is 0 Å². The van der Waals surface area contributed by atoms with E-state index in [1.165, 1.54) is 0 Å². The SMILES string of the molecule is Cc1[nH]nc2c1c(=O)n(CCCCN)c1ccccc21. The van der Waals surface area contributed by atoms with E-state index in [2.05, 4.69) is 10.2 Å². The minimum Gasteiger partial charge on any atom is -0.330 e. The largest absolute Gasteiger partial charge is 0.330 e. The minimum atomic E-state index is 0.0296. The average Bonchev–Trinajstić information content (AvgIpc) is 2.85. The van der Waals surface area contributed by atoms with Gasteiger partial charge in [-0.1, -0.05) is 18.2 Å². The van der Waals surface area contributed by atoms with Crippen molar-refractivity contribution in [2.24, 2.45) is 5.73 Å². The molecule has 3 N–H and O–H groups in total. The highest BCUT2D eigenvalue weighted by Gasteiger charge is 2.14. The van der Waals surface area contributed by atoms with Gasteiger partial charge in [0.1, 0.15) is 5.52 Å². The third kappa shape index (κ3) is 1.91. The molecule has 0 atom stereocenters. The predicted octanol–water partition coefficient (Wildman–Crippen LogP) is 1.93. The molecule has 0 saturated carbocycles. The number of nitrogens with one attached hydrogen (secondary N) is 1. The highest BCUT2D eigenvalue weighted by molar-refractivity contribution is 6.03. The fourth-order valence-electron chi connectivity index (χ4n) is 2.68. The van der Waals surface area contributed by atoms with Crippen molar-refractivity contribution in [2.45, 2.75) is 26.3 Å². The van der Waals surface area contributed by atoms with Crippen LogP contribution in [-0.2, 0) is 6.54 Å². The highest BCUT2D eigenvalue weighted by atomic mass is 16.1. The van der Waals surface area contributed by atoms with E-state index in [9.17, 15) is 4.79 Å². The molecule has 0 spiro atoms. The average molecular weight is 270 g/mol. The van der Waals surface area contributed by atoms with Crippen LogP contribution >= 0.6 is 0 Å². The van der Waals surface area contributed by atoms with Crippen molar-refractivity contribution >= 4 is 21.8 Å². The van der Waals surface area contributed by atoms with E-state index in [0.29, 0.717) is 18.5 Å². The van der Waals surface area contributed by atoms with Crippen LogP contribution < -0.4 is 11.3 Å². The monoisotopic (exact) mass is 270 g/mol. The zero-order chi connectivity index (χ0) is 14.1. The molecule has 104 valence electrons. The van der Waals surface area contributed by atoms with Gasteiger partial charge in [-0.2, -0.15) is 5.10 Å². The molecule has 3 aromatic rings. The molecule has 0 aliphatic carbocycles.